The summed E-state index contributed by atoms with van der Waals surface area (Å²) in [5.74, 6) is 4.18. The smallest absolute Gasteiger partial charge is 0.423 e. The van der Waals surface area contributed by atoms with E-state index < -0.39 is 46.4 Å². The summed E-state index contributed by atoms with van der Waals surface area (Å²) in [5, 5.41) is 5.42. The maximum Gasteiger partial charge on any atom is 0.423 e. The Balaban J connectivity index is 1.30. The van der Waals surface area contributed by atoms with E-state index >= 15 is 0 Å². The minimum absolute atomic E-state index is 0.00483. The van der Waals surface area contributed by atoms with Gasteiger partial charge in [-0.1, -0.05) is 17.9 Å². The van der Waals surface area contributed by atoms with Crippen LogP contribution in [0.25, 0.3) is 0 Å². The Labute approximate surface area is 228 Å². The fourth-order valence-electron chi connectivity index (χ4n) is 4.02. The van der Waals surface area contributed by atoms with Gasteiger partial charge in [0.2, 0.25) is 5.95 Å². The van der Waals surface area contributed by atoms with Gasteiger partial charge in [0.1, 0.15) is 16.9 Å². The molecule has 3 heterocycles. The van der Waals surface area contributed by atoms with Crippen LogP contribution >= 0.6 is 0 Å². The van der Waals surface area contributed by atoms with Crippen molar-refractivity contribution in [2.75, 3.05) is 31.1 Å². The fourth-order valence-corrected chi connectivity index (χ4v) is 4.02. The highest BCUT2D eigenvalue weighted by molar-refractivity contribution is 5.94. The van der Waals surface area contributed by atoms with Gasteiger partial charge < -0.3 is 14.5 Å². The first-order valence-corrected chi connectivity index (χ1v) is 12.3. The zero-order chi connectivity index (χ0) is 29.4. The molecule has 1 saturated heterocycles. The van der Waals surface area contributed by atoms with Crippen LogP contribution in [-0.2, 0) is 12.4 Å². The number of hydrogen-bond donors (Lipinski definition) is 1. The molecule has 5 rings (SSSR count). The van der Waals surface area contributed by atoms with Crippen molar-refractivity contribution >= 4 is 11.9 Å². The number of ether oxygens (including phenoxy) is 1. The molecule has 0 spiro atoms. The Bertz CT molecular complexity index is 1560. The molecule has 2 fully saturated rings. The van der Waals surface area contributed by atoms with E-state index in [-0.39, 0.29) is 49.4 Å². The molecule has 0 bridgehead atoms. The number of alkyl halides is 6. The van der Waals surface area contributed by atoms with Gasteiger partial charge in [-0.3, -0.25) is 9.59 Å². The Morgan fingerprint density at radius 2 is 1.68 bits per heavy atom. The zero-order valence-electron chi connectivity index (χ0n) is 21.0. The summed E-state index contributed by atoms with van der Waals surface area (Å²) in [6, 6.07) is 5.71. The first-order valence-electron chi connectivity index (χ1n) is 12.3. The highest BCUT2D eigenvalue weighted by Crippen LogP contribution is 2.35. The van der Waals surface area contributed by atoms with Crippen LogP contribution in [0.15, 0.2) is 41.5 Å². The van der Waals surface area contributed by atoms with Crippen LogP contribution in [-0.4, -0.2) is 57.2 Å². The van der Waals surface area contributed by atoms with E-state index in [1.165, 1.54) is 29.2 Å². The molecule has 15 heteroatoms. The average molecular weight is 578 g/mol. The number of nitrogens with one attached hydrogen (secondary N) is 1. The van der Waals surface area contributed by atoms with Gasteiger partial charge in [0.25, 0.3) is 17.3 Å². The number of aromatic nitrogens is 4. The molecular weight excluding hydrogens is 558 g/mol. The molecule has 1 aliphatic carbocycles. The first kappa shape index (κ1) is 27.9. The standard InChI is InChI=1S/C26H20F6N6O3/c27-25(28,29)17-13-33-24(34-14-17)38-10-8-37(9-11-38)23(40)16-2-1-3-18(12-16)41-22-19(7-6-15-4-5-15)20(26(30,31)32)21(39)35-36-22/h1-3,12-15H,4-5,8-11H2,(H,35,39). The normalized spacial score (nSPS) is 15.8. The Kier molecular flexibility index (Phi) is 7.33. The number of nitrogens with zero attached hydrogens (tertiary/aromatic N) is 5. The molecule has 1 aromatic carbocycles. The highest BCUT2D eigenvalue weighted by atomic mass is 19.4. The van der Waals surface area contributed by atoms with Crippen LogP contribution in [0.5, 0.6) is 11.6 Å². The molecule has 2 aliphatic rings. The number of benzene rings is 1. The van der Waals surface area contributed by atoms with Gasteiger partial charge in [-0.2, -0.15) is 26.3 Å². The van der Waals surface area contributed by atoms with Crippen molar-refractivity contribution in [2.45, 2.75) is 25.2 Å². The molecule has 1 aliphatic heterocycles. The molecule has 9 nitrogen and oxygen atoms in total. The summed E-state index contributed by atoms with van der Waals surface area (Å²) in [6.07, 6.45) is -6.67. The largest absolute Gasteiger partial charge is 0.437 e. The number of carbonyl (C=O) groups excluding carboxylic acids is 1. The van der Waals surface area contributed by atoms with Gasteiger partial charge >= 0.3 is 12.4 Å². The Hall–Kier alpha value is -4.61. The van der Waals surface area contributed by atoms with Crippen LogP contribution in [0.4, 0.5) is 32.3 Å². The summed E-state index contributed by atoms with van der Waals surface area (Å²) in [6.45, 7) is 0.951. The zero-order valence-corrected chi connectivity index (χ0v) is 21.0. The highest BCUT2D eigenvalue weighted by Gasteiger charge is 2.39. The van der Waals surface area contributed by atoms with Crippen LogP contribution in [0.3, 0.4) is 0 Å². The third kappa shape index (κ3) is 6.42. The van der Waals surface area contributed by atoms with Crippen molar-refractivity contribution in [1.29, 1.82) is 0 Å². The van der Waals surface area contributed by atoms with Gasteiger partial charge in [0.05, 0.1) is 5.56 Å². The predicted molar refractivity (Wildman–Crippen MR) is 131 cm³/mol. The van der Waals surface area contributed by atoms with Gasteiger partial charge in [-0.05, 0) is 31.0 Å². The van der Waals surface area contributed by atoms with Crippen LogP contribution in [0.2, 0.25) is 0 Å². The van der Waals surface area contributed by atoms with E-state index in [2.05, 4.69) is 26.9 Å². The SMILES string of the molecule is O=C(c1cccc(Oc2n[nH]c(=O)c(C(F)(F)F)c2C#CC2CC2)c1)N1CCN(c2ncc(C(F)(F)F)cn2)CC1. The number of H-pyrrole nitrogens is 1. The summed E-state index contributed by atoms with van der Waals surface area (Å²) in [5.41, 5.74) is -4.45. The van der Waals surface area contributed by atoms with Gasteiger partial charge in [-0.25, -0.2) is 15.1 Å². The summed E-state index contributed by atoms with van der Waals surface area (Å²) in [7, 11) is 0. The minimum Gasteiger partial charge on any atom is -0.437 e. The van der Waals surface area contributed by atoms with Gasteiger partial charge in [-0.15, -0.1) is 5.10 Å². The molecule has 0 atom stereocenters. The van der Waals surface area contributed by atoms with E-state index in [1.54, 1.807) is 10.00 Å². The molecule has 214 valence electrons. The van der Waals surface area contributed by atoms with E-state index in [1.807, 2.05) is 0 Å². The van der Waals surface area contributed by atoms with E-state index in [9.17, 15) is 35.9 Å². The van der Waals surface area contributed by atoms with E-state index in [0.29, 0.717) is 12.4 Å². The number of rotatable bonds is 4. The average Bonchev–Trinajstić information content (AvgIpc) is 3.76. The van der Waals surface area contributed by atoms with Crippen molar-refractivity contribution in [2.24, 2.45) is 5.92 Å². The van der Waals surface area contributed by atoms with E-state index in [0.717, 1.165) is 12.8 Å². The monoisotopic (exact) mass is 578 g/mol. The number of anilines is 1. The summed E-state index contributed by atoms with van der Waals surface area (Å²) < 4.78 is 84.9. The molecule has 2 aromatic heterocycles. The predicted octanol–water partition coefficient (Wildman–Crippen LogP) is 4.11. The maximum absolute atomic E-state index is 13.7. The lowest BCUT2D eigenvalue weighted by Crippen LogP contribution is -2.49. The maximum atomic E-state index is 13.7. The number of halogens is 6. The Morgan fingerprint density at radius 3 is 2.29 bits per heavy atom. The lowest BCUT2D eigenvalue weighted by Gasteiger charge is -2.34. The number of amides is 1. The topological polar surface area (TPSA) is 104 Å². The van der Waals surface area contributed by atoms with Crippen LogP contribution in [0.1, 0.15) is 39.9 Å². The number of hydrogen-bond acceptors (Lipinski definition) is 7. The molecule has 0 unspecified atom stereocenters. The molecule has 0 radical (unpaired) electrons. The second-order valence-electron chi connectivity index (χ2n) is 9.33. The van der Waals surface area contributed by atoms with Crippen molar-refractivity contribution in [3.05, 3.63) is 69.3 Å². The lowest BCUT2D eigenvalue weighted by atomic mass is 10.1. The fraction of sp³-hybridized carbons (Fsp3) is 0.346. The first-order chi connectivity index (χ1) is 19.4. The molecule has 1 amide bonds. The second-order valence-corrected chi connectivity index (χ2v) is 9.33. The van der Waals surface area contributed by atoms with Gasteiger partial charge in [0.15, 0.2) is 0 Å². The molecule has 1 N–H and O–H groups in total. The minimum atomic E-state index is -5.01. The van der Waals surface area contributed by atoms with Crippen LogP contribution < -0.4 is 15.2 Å². The molecule has 1 saturated carbocycles. The summed E-state index contributed by atoms with van der Waals surface area (Å²) >= 11 is 0. The van der Waals surface area contributed by atoms with Crippen molar-refractivity contribution in [3.8, 4) is 23.5 Å². The Morgan fingerprint density at radius 1 is 1.00 bits per heavy atom. The summed E-state index contributed by atoms with van der Waals surface area (Å²) in [4.78, 5) is 35.8. The number of piperazine rings is 1. The third-order valence-electron chi connectivity index (χ3n) is 6.32. The number of carbonyl (C=O) groups is 1. The van der Waals surface area contributed by atoms with Crippen LogP contribution in [0, 0.1) is 17.8 Å². The van der Waals surface area contributed by atoms with Crippen molar-refractivity contribution in [1.82, 2.24) is 25.1 Å². The van der Waals surface area contributed by atoms with Crippen molar-refractivity contribution < 1.29 is 35.9 Å². The third-order valence-corrected chi connectivity index (χ3v) is 6.32. The quantitative estimate of drug-likeness (QED) is 0.367. The molecule has 41 heavy (non-hydrogen) atoms. The van der Waals surface area contributed by atoms with E-state index in [4.69, 9.17) is 4.74 Å². The second kappa shape index (κ2) is 10.8. The molecule has 3 aromatic rings. The number of aromatic amines is 1. The molecular formula is C26H20F6N6O3. The van der Waals surface area contributed by atoms with Gasteiger partial charge in [0, 0.05) is 50.1 Å². The van der Waals surface area contributed by atoms with Crippen molar-refractivity contribution in [3.63, 3.8) is 0 Å². The lowest BCUT2D eigenvalue weighted by molar-refractivity contribution is -0.139.